The van der Waals surface area contributed by atoms with E-state index in [2.05, 4.69) is 25.9 Å². The number of rotatable bonds is 3. The average molecular weight is 263 g/mol. The van der Waals surface area contributed by atoms with E-state index in [-0.39, 0.29) is 17.1 Å². The fourth-order valence-corrected chi connectivity index (χ4v) is 1.37. The lowest BCUT2D eigenvalue weighted by molar-refractivity contribution is 0.478. The van der Waals surface area contributed by atoms with Gasteiger partial charge in [-0.15, -0.1) is 10.2 Å². The summed E-state index contributed by atoms with van der Waals surface area (Å²) in [5.41, 5.74) is 0.543. The maximum absolute atomic E-state index is 9.57. The fourth-order valence-electron chi connectivity index (χ4n) is 1.20. The maximum atomic E-state index is 9.57. The van der Waals surface area contributed by atoms with Gasteiger partial charge in [0.05, 0.1) is 5.69 Å². The molecule has 2 aromatic rings. The Hall–Kier alpha value is -2.59. The maximum Gasteiger partial charge on any atom is 0.216 e. The number of hydrogen-bond acceptors (Lipinski definition) is 6. The summed E-state index contributed by atoms with van der Waals surface area (Å²) in [6.45, 7) is 0. The molecule has 90 valence electrons. The van der Waals surface area contributed by atoms with Crippen LogP contribution in [0.3, 0.4) is 0 Å². The molecule has 8 heteroatoms. The third kappa shape index (κ3) is 2.56. The molecule has 3 N–H and O–H groups in total. The summed E-state index contributed by atoms with van der Waals surface area (Å²) in [5, 5.41) is 34.7. The number of aromatic amines is 1. The first kappa shape index (κ1) is 11.9. The van der Waals surface area contributed by atoms with Crippen molar-refractivity contribution in [3.63, 3.8) is 0 Å². The second kappa shape index (κ2) is 5.16. The molecule has 0 atom stereocenters. The Labute approximate surface area is 107 Å². The summed E-state index contributed by atoms with van der Waals surface area (Å²) in [7, 11) is 0. The quantitative estimate of drug-likeness (QED) is 0.571. The van der Waals surface area contributed by atoms with Gasteiger partial charge >= 0.3 is 0 Å². The van der Waals surface area contributed by atoms with Crippen LogP contribution in [0.4, 0.5) is 5.69 Å². The van der Waals surface area contributed by atoms with Gasteiger partial charge in [0.25, 0.3) is 0 Å². The molecule has 18 heavy (non-hydrogen) atoms. The van der Waals surface area contributed by atoms with Crippen LogP contribution in [0.1, 0.15) is 5.82 Å². The van der Waals surface area contributed by atoms with Gasteiger partial charge in [-0.2, -0.15) is 10.5 Å². The molecule has 0 bridgehead atoms. The zero-order chi connectivity index (χ0) is 13.0. The van der Waals surface area contributed by atoms with Gasteiger partial charge < -0.3 is 10.4 Å². The van der Waals surface area contributed by atoms with Crippen molar-refractivity contribution in [3.05, 3.63) is 35.2 Å². The fraction of sp³-hybridized carbons (Fsp3) is 0. The molecular formula is C10H7ClN6O. The van der Waals surface area contributed by atoms with E-state index < -0.39 is 0 Å². The number of aromatic nitrogens is 4. The number of nitrogens with zero attached hydrogens (tertiary/aromatic N) is 4. The van der Waals surface area contributed by atoms with Crippen molar-refractivity contribution in [1.29, 1.82) is 5.26 Å². The van der Waals surface area contributed by atoms with Crippen molar-refractivity contribution >= 4 is 22.9 Å². The van der Waals surface area contributed by atoms with Gasteiger partial charge in [0.1, 0.15) is 17.4 Å². The van der Waals surface area contributed by atoms with E-state index in [0.717, 1.165) is 0 Å². The third-order valence-corrected chi connectivity index (χ3v) is 2.27. The van der Waals surface area contributed by atoms with Crippen LogP contribution in [0.5, 0.6) is 5.75 Å². The van der Waals surface area contributed by atoms with Crippen LogP contribution < -0.4 is 5.32 Å². The highest BCUT2D eigenvalue weighted by molar-refractivity contribution is 6.30. The number of halogens is 1. The van der Waals surface area contributed by atoms with E-state index >= 15 is 0 Å². The summed E-state index contributed by atoms with van der Waals surface area (Å²) in [6.07, 6.45) is 1.36. The lowest BCUT2D eigenvalue weighted by Crippen LogP contribution is -1.93. The first-order valence-corrected chi connectivity index (χ1v) is 5.17. The molecule has 1 heterocycles. The van der Waals surface area contributed by atoms with Crippen molar-refractivity contribution in [1.82, 2.24) is 20.6 Å². The second-order valence-electron chi connectivity index (χ2n) is 3.21. The standard InChI is InChI=1S/C10H7ClN6O/c11-7-1-2-9(18)8(3-7)13-5-6(4-12)10-14-16-17-15-10/h1-3,5,13,18H,(H,14,15,16,17). The summed E-state index contributed by atoms with van der Waals surface area (Å²) >= 11 is 5.79. The smallest absolute Gasteiger partial charge is 0.216 e. The average Bonchev–Trinajstić information content (AvgIpc) is 2.88. The lowest BCUT2D eigenvalue weighted by atomic mass is 10.2. The van der Waals surface area contributed by atoms with Crippen molar-refractivity contribution in [2.45, 2.75) is 0 Å². The Bertz CT molecular complexity index is 616. The van der Waals surface area contributed by atoms with E-state index in [1.807, 2.05) is 6.07 Å². The van der Waals surface area contributed by atoms with Gasteiger partial charge in [-0.1, -0.05) is 11.6 Å². The Morgan fingerprint density at radius 2 is 2.39 bits per heavy atom. The number of allylic oxidation sites excluding steroid dienone is 1. The van der Waals surface area contributed by atoms with E-state index in [0.29, 0.717) is 10.7 Å². The molecule has 2 rings (SSSR count). The molecule has 0 saturated heterocycles. The van der Waals surface area contributed by atoms with Gasteiger partial charge in [0, 0.05) is 11.2 Å². The highest BCUT2D eigenvalue weighted by Crippen LogP contribution is 2.26. The molecule has 0 unspecified atom stereocenters. The number of H-pyrrole nitrogens is 1. The first-order valence-electron chi connectivity index (χ1n) is 4.80. The lowest BCUT2D eigenvalue weighted by Gasteiger charge is -2.04. The van der Waals surface area contributed by atoms with E-state index in [1.54, 1.807) is 6.07 Å². The number of nitrogens with one attached hydrogen (secondary N) is 2. The Balaban J connectivity index is 2.24. The molecule has 1 aromatic heterocycles. The number of nitriles is 1. The van der Waals surface area contributed by atoms with Gasteiger partial charge in [-0.05, 0) is 23.4 Å². The minimum Gasteiger partial charge on any atom is -0.506 e. The van der Waals surface area contributed by atoms with E-state index in [1.165, 1.54) is 18.3 Å². The molecule has 0 fully saturated rings. The molecule has 7 nitrogen and oxygen atoms in total. The summed E-state index contributed by atoms with van der Waals surface area (Å²) in [4.78, 5) is 0. The Morgan fingerprint density at radius 3 is 3.06 bits per heavy atom. The molecule has 0 spiro atoms. The van der Waals surface area contributed by atoms with Crippen LogP contribution >= 0.6 is 11.6 Å². The van der Waals surface area contributed by atoms with Gasteiger partial charge in [-0.25, -0.2) is 0 Å². The van der Waals surface area contributed by atoms with Crippen LogP contribution in [0, 0.1) is 11.3 Å². The largest absolute Gasteiger partial charge is 0.506 e. The van der Waals surface area contributed by atoms with E-state index in [9.17, 15) is 5.11 Å². The zero-order valence-electron chi connectivity index (χ0n) is 8.92. The second-order valence-corrected chi connectivity index (χ2v) is 3.65. The van der Waals surface area contributed by atoms with E-state index in [4.69, 9.17) is 16.9 Å². The molecule has 0 aliphatic heterocycles. The highest BCUT2D eigenvalue weighted by atomic mass is 35.5. The van der Waals surface area contributed by atoms with Crippen molar-refractivity contribution < 1.29 is 5.11 Å². The predicted molar refractivity (Wildman–Crippen MR) is 64.5 cm³/mol. The van der Waals surface area contributed by atoms with Crippen LogP contribution in [-0.2, 0) is 0 Å². The first-order chi connectivity index (χ1) is 8.70. The SMILES string of the molecule is N#CC(=CNc1cc(Cl)ccc1O)c1nn[nH]n1. The highest BCUT2D eigenvalue weighted by Gasteiger charge is 2.06. The topological polar surface area (TPSA) is 111 Å². The predicted octanol–water partition coefficient (Wildman–Crippen LogP) is 1.54. The number of phenolic OH excluding ortho intramolecular Hbond substituents is 1. The molecule has 0 aliphatic rings. The Morgan fingerprint density at radius 1 is 1.56 bits per heavy atom. The van der Waals surface area contributed by atoms with Crippen LogP contribution in [0.2, 0.25) is 5.02 Å². The third-order valence-electron chi connectivity index (χ3n) is 2.04. The molecule has 0 saturated carbocycles. The van der Waals surface area contributed by atoms with Gasteiger partial charge in [0.15, 0.2) is 0 Å². The number of anilines is 1. The number of phenols is 1. The zero-order valence-corrected chi connectivity index (χ0v) is 9.68. The molecule has 0 radical (unpaired) electrons. The monoisotopic (exact) mass is 262 g/mol. The summed E-state index contributed by atoms with van der Waals surface area (Å²) in [6, 6.07) is 6.43. The van der Waals surface area contributed by atoms with Crippen LogP contribution in [-0.4, -0.2) is 25.7 Å². The normalized spacial score (nSPS) is 11.0. The van der Waals surface area contributed by atoms with Crippen molar-refractivity contribution in [3.8, 4) is 11.8 Å². The number of tetrazole rings is 1. The number of aromatic hydroxyl groups is 1. The molecule has 1 aromatic carbocycles. The minimum absolute atomic E-state index is 0.0149. The van der Waals surface area contributed by atoms with Crippen molar-refractivity contribution in [2.75, 3.05) is 5.32 Å². The number of hydrogen-bond donors (Lipinski definition) is 3. The van der Waals surface area contributed by atoms with Crippen molar-refractivity contribution in [2.24, 2.45) is 0 Å². The molecular weight excluding hydrogens is 256 g/mol. The minimum atomic E-state index is 0.0149. The van der Waals surface area contributed by atoms with Gasteiger partial charge in [-0.3, -0.25) is 0 Å². The Kier molecular flexibility index (Phi) is 3.41. The number of benzene rings is 1. The summed E-state index contributed by atoms with van der Waals surface area (Å²) in [5.74, 6) is 0.174. The van der Waals surface area contributed by atoms with Crippen LogP contribution in [0.25, 0.3) is 5.57 Å². The summed E-state index contributed by atoms with van der Waals surface area (Å²) < 4.78 is 0. The molecule has 0 amide bonds. The van der Waals surface area contributed by atoms with Gasteiger partial charge in [0.2, 0.25) is 5.82 Å². The van der Waals surface area contributed by atoms with Crippen LogP contribution in [0.15, 0.2) is 24.4 Å². The molecule has 0 aliphatic carbocycles.